The molecule has 2 unspecified atom stereocenters. The minimum absolute atomic E-state index is 0.203. The summed E-state index contributed by atoms with van der Waals surface area (Å²) in [7, 11) is -0.985. The number of rotatable bonds is 14. The lowest BCUT2D eigenvalue weighted by Crippen LogP contribution is -2.56. The van der Waals surface area contributed by atoms with Crippen molar-refractivity contribution in [3.05, 3.63) is 155 Å². The molecule has 4 heteroatoms. The fraction of sp³-hybridized carbons (Fsp3) is 0.500. The van der Waals surface area contributed by atoms with E-state index in [0.29, 0.717) is 22.1 Å². The molecule has 60 heavy (non-hydrogen) atoms. The van der Waals surface area contributed by atoms with E-state index in [-0.39, 0.29) is 7.92 Å². The maximum absolute atomic E-state index is 5.09. The summed E-state index contributed by atoms with van der Waals surface area (Å²) >= 11 is 0. The third-order valence-corrected chi connectivity index (χ3v) is 23.2. The molecular formula is C56H66N2P2. The first-order chi connectivity index (χ1) is 29.4. The molecular weight excluding hydrogens is 763 g/mol. The quantitative estimate of drug-likeness (QED) is 0.104. The van der Waals surface area contributed by atoms with Crippen LogP contribution >= 0.6 is 15.8 Å². The van der Waals surface area contributed by atoms with Gasteiger partial charge in [-0.05, 0) is 211 Å². The maximum atomic E-state index is 5.09. The molecule has 0 aliphatic heterocycles. The van der Waals surface area contributed by atoms with E-state index in [2.05, 4.69) is 123 Å². The van der Waals surface area contributed by atoms with Crippen molar-refractivity contribution in [2.45, 2.75) is 138 Å². The summed E-state index contributed by atoms with van der Waals surface area (Å²) in [6.45, 7) is 5.06. The standard InChI is InChI=1S/C56H66N2P2/c1-39(21-41-13-5-3-6-14-41)51-29-49(37-59(53-17-9-11-19-57-53)54-18-10-12-20-58-54)50(30-52(51)40(2)22-42-15-7-4-8-16-42)38-60(55-31-43-23-44(32-55)25-45(24-43)33-55)56-34-46-26-47(35-56)28-48(27-46)36-56/h3-20,29-30,39-40,43-48H,21-28,31-38H2,1-2H3. The maximum Gasteiger partial charge on any atom is 0.0695 e. The van der Waals surface area contributed by atoms with E-state index in [1.54, 1.807) is 99.3 Å². The molecule has 0 N–H and O–H groups in total. The van der Waals surface area contributed by atoms with Gasteiger partial charge >= 0.3 is 0 Å². The zero-order valence-corrected chi connectivity index (χ0v) is 38.1. The first-order valence-electron chi connectivity index (χ1n) is 24.0. The van der Waals surface area contributed by atoms with Crippen LogP contribution in [0.15, 0.2) is 122 Å². The molecule has 2 heterocycles. The van der Waals surface area contributed by atoms with Crippen molar-refractivity contribution in [1.29, 1.82) is 0 Å². The van der Waals surface area contributed by atoms with Crippen LogP contribution in [0.4, 0.5) is 0 Å². The van der Waals surface area contributed by atoms with Crippen LogP contribution in [0.25, 0.3) is 0 Å². The second-order valence-corrected chi connectivity index (χ2v) is 26.4. The van der Waals surface area contributed by atoms with Gasteiger partial charge < -0.3 is 0 Å². The molecule has 8 aliphatic carbocycles. The second kappa shape index (κ2) is 16.5. The summed E-state index contributed by atoms with van der Waals surface area (Å²) in [6, 6.07) is 41.4. The smallest absolute Gasteiger partial charge is 0.0695 e. The summed E-state index contributed by atoms with van der Waals surface area (Å²) < 4.78 is 0. The number of hydrogen-bond acceptors (Lipinski definition) is 2. The first kappa shape index (κ1) is 39.7. The van der Waals surface area contributed by atoms with Gasteiger partial charge in [0, 0.05) is 26.5 Å². The third-order valence-electron chi connectivity index (χ3n) is 16.9. The van der Waals surface area contributed by atoms with E-state index in [4.69, 9.17) is 9.97 Å². The SMILES string of the molecule is CC(Cc1ccccc1)c1cc(CP(c2ccccn2)c2ccccn2)c(CP(C23CC4CC(CC(C4)C2)C3)C23CC4CC(CC(C4)C2)C3)cc1C(C)Cc1ccccc1. The zero-order chi connectivity index (χ0) is 40.3. The van der Waals surface area contributed by atoms with Gasteiger partial charge in [0.1, 0.15) is 0 Å². The van der Waals surface area contributed by atoms with Gasteiger partial charge in [-0.3, -0.25) is 9.97 Å². The monoisotopic (exact) mass is 828 g/mol. The summed E-state index contributed by atoms with van der Waals surface area (Å²) in [5.74, 6) is 6.84. The lowest BCUT2D eigenvalue weighted by Gasteiger charge is -2.67. The van der Waals surface area contributed by atoms with Crippen LogP contribution in [-0.4, -0.2) is 20.3 Å². The normalized spacial score (nSPS) is 31.4. The van der Waals surface area contributed by atoms with E-state index < -0.39 is 7.92 Å². The Morgan fingerprint density at radius 2 is 0.850 bits per heavy atom. The zero-order valence-electron chi connectivity index (χ0n) is 36.3. The summed E-state index contributed by atoms with van der Waals surface area (Å²) in [6.07, 6.45) is 27.1. The third kappa shape index (κ3) is 7.78. The van der Waals surface area contributed by atoms with Crippen LogP contribution in [0, 0.1) is 35.5 Å². The van der Waals surface area contributed by atoms with E-state index in [1.807, 2.05) is 12.4 Å². The Labute approximate surface area is 363 Å². The molecule has 0 radical (unpaired) electrons. The highest BCUT2D eigenvalue weighted by molar-refractivity contribution is 7.71. The van der Waals surface area contributed by atoms with Gasteiger partial charge in [-0.2, -0.15) is 0 Å². The molecule has 2 aromatic heterocycles. The van der Waals surface area contributed by atoms with Crippen molar-refractivity contribution in [3.8, 4) is 0 Å². The minimum atomic E-state index is -0.782. The van der Waals surface area contributed by atoms with E-state index in [9.17, 15) is 0 Å². The molecule has 8 saturated carbocycles. The van der Waals surface area contributed by atoms with Crippen molar-refractivity contribution in [3.63, 3.8) is 0 Å². The molecule has 13 rings (SSSR count). The fourth-order valence-electron chi connectivity index (χ4n) is 15.3. The second-order valence-electron chi connectivity index (χ2n) is 21.3. The number of pyridine rings is 2. The van der Waals surface area contributed by atoms with Crippen LogP contribution in [0.1, 0.15) is 136 Å². The Morgan fingerprint density at radius 3 is 1.22 bits per heavy atom. The van der Waals surface area contributed by atoms with Crippen LogP contribution in [-0.2, 0) is 25.2 Å². The molecule has 8 fully saturated rings. The van der Waals surface area contributed by atoms with Gasteiger partial charge in [0.05, 0.1) is 10.9 Å². The Morgan fingerprint density at radius 1 is 0.483 bits per heavy atom. The van der Waals surface area contributed by atoms with Crippen LogP contribution in [0.3, 0.4) is 0 Å². The molecule has 310 valence electrons. The average molecular weight is 829 g/mol. The lowest BCUT2D eigenvalue weighted by molar-refractivity contribution is 0.0184. The predicted molar refractivity (Wildman–Crippen MR) is 254 cm³/mol. The first-order valence-corrected chi connectivity index (χ1v) is 27.0. The van der Waals surface area contributed by atoms with Crippen molar-refractivity contribution in [1.82, 2.24) is 9.97 Å². The van der Waals surface area contributed by atoms with Crippen molar-refractivity contribution >= 4 is 26.7 Å². The number of benzene rings is 3. The highest BCUT2D eigenvalue weighted by Gasteiger charge is 2.62. The summed E-state index contributed by atoms with van der Waals surface area (Å²) in [5, 5.41) is 1.18. The highest BCUT2D eigenvalue weighted by atomic mass is 31.1. The highest BCUT2D eigenvalue weighted by Crippen LogP contribution is 2.80. The van der Waals surface area contributed by atoms with Gasteiger partial charge in [-0.25, -0.2) is 0 Å². The van der Waals surface area contributed by atoms with E-state index >= 15 is 0 Å². The van der Waals surface area contributed by atoms with Crippen LogP contribution < -0.4 is 10.9 Å². The molecule has 2 nitrogen and oxygen atoms in total. The lowest BCUT2D eigenvalue weighted by atomic mass is 9.55. The summed E-state index contributed by atoms with van der Waals surface area (Å²) in [4.78, 5) is 10.2. The van der Waals surface area contributed by atoms with Crippen molar-refractivity contribution < 1.29 is 0 Å². The van der Waals surface area contributed by atoms with Crippen molar-refractivity contribution in [2.75, 3.05) is 0 Å². The number of nitrogens with zero attached hydrogens (tertiary/aromatic N) is 2. The predicted octanol–water partition coefficient (Wildman–Crippen LogP) is 13.7. The average Bonchev–Trinajstić information content (AvgIpc) is 3.25. The molecule has 8 aliphatic rings. The molecule has 2 atom stereocenters. The number of hydrogen-bond donors (Lipinski definition) is 0. The van der Waals surface area contributed by atoms with Crippen LogP contribution in [0.2, 0.25) is 0 Å². The Hall–Kier alpha value is -3.18. The van der Waals surface area contributed by atoms with Crippen LogP contribution in [0.5, 0.6) is 0 Å². The topological polar surface area (TPSA) is 25.8 Å². The number of aromatic nitrogens is 2. The fourth-order valence-corrected chi connectivity index (χ4v) is 22.6. The Balaban J connectivity index is 1.08. The van der Waals surface area contributed by atoms with E-state index in [1.165, 1.54) is 28.2 Å². The van der Waals surface area contributed by atoms with Gasteiger partial charge in [0.15, 0.2) is 0 Å². The Bertz CT molecular complexity index is 2090. The van der Waals surface area contributed by atoms with Gasteiger partial charge in [-0.1, -0.05) is 107 Å². The summed E-state index contributed by atoms with van der Waals surface area (Å²) in [5.41, 5.74) is 11.8. The molecule has 0 spiro atoms. The minimum Gasteiger partial charge on any atom is -0.256 e. The molecule has 0 amide bonds. The largest absolute Gasteiger partial charge is 0.256 e. The molecule has 5 aromatic rings. The van der Waals surface area contributed by atoms with Gasteiger partial charge in [0.25, 0.3) is 0 Å². The van der Waals surface area contributed by atoms with Crippen molar-refractivity contribution in [2.24, 2.45) is 35.5 Å². The molecule has 8 bridgehead atoms. The van der Waals surface area contributed by atoms with Gasteiger partial charge in [-0.15, -0.1) is 0 Å². The van der Waals surface area contributed by atoms with E-state index in [0.717, 1.165) is 54.5 Å². The molecule has 0 saturated heterocycles. The Kier molecular flexibility index (Phi) is 10.9. The molecule has 3 aromatic carbocycles. The van der Waals surface area contributed by atoms with Gasteiger partial charge in [0.2, 0.25) is 0 Å².